The van der Waals surface area contributed by atoms with Gasteiger partial charge in [0.05, 0.1) is 0 Å². The Kier molecular flexibility index (Phi) is 4.79. The second kappa shape index (κ2) is 6.21. The largest absolute Gasteiger partial charge is 0.312 e. The molecular weight excluding hydrogens is 256 g/mol. The van der Waals surface area contributed by atoms with Gasteiger partial charge in [0.1, 0.15) is 11.6 Å². The number of benzene rings is 1. The molecule has 1 aromatic carbocycles. The van der Waals surface area contributed by atoms with Gasteiger partial charge in [-0.05, 0) is 63.6 Å². The molecule has 0 aromatic heterocycles. The van der Waals surface area contributed by atoms with Gasteiger partial charge >= 0.3 is 0 Å². The van der Waals surface area contributed by atoms with Gasteiger partial charge in [0.25, 0.3) is 0 Å². The third-order valence-electron chi connectivity index (χ3n) is 4.17. The van der Waals surface area contributed by atoms with E-state index < -0.39 is 11.6 Å². The summed E-state index contributed by atoms with van der Waals surface area (Å²) in [6.07, 6.45) is 4.45. The zero-order valence-electron chi connectivity index (χ0n) is 12.7. The fraction of sp³-hybridized carbons (Fsp3) is 0.647. The quantitative estimate of drug-likeness (QED) is 0.852. The maximum atomic E-state index is 14.0. The van der Waals surface area contributed by atoms with Crippen LogP contribution in [-0.2, 0) is 0 Å². The van der Waals surface area contributed by atoms with Crippen molar-refractivity contribution in [2.24, 2.45) is 5.92 Å². The average molecular weight is 281 g/mol. The van der Waals surface area contributed by atoms with Crippen molar-refractivity contribution in [2.75, 3.05) is 6.54 Å². The molecule has 0 spiro atoms. The lowest BCUT2D eigenvalue weighted by molar-refractivity contribution is 0.265. The molecule has 2 unspecified atom stereocenters. The van der Waals surface area contributed by atoms with Crippen LogP contribution >= 0.6 is 0 Å². The standard InChI is InChI=1S/C17H25F2N/c1-17(2,3)20-11-12-6-4-5-7-14(12)15-9-8-13(18)10-16(15)19/h8-10,12,14,20H,4-7,11H2,1-3H3. The van der Waals surface area contributed by atoms with E-state index in [1.165, 1.54) is 12.5 Å². The van der Waals surface area contributed by atoms with Gasteiger partial charge in [-0.25, -0.2) is 8.78 Å². The van der Waals surface area contributed by atoms with Gasteiger partial charge in [-0.15, -0.1) is 0 Å². The minimum Gasteiger partial charge on any atom is -0.312 e. The van der Waals surface area contributed by atoms with Crippen LogP contribution in [0.5, 0.6) is 0 Å². The number of hydrogen-bond donors (Lipinski definition) is 1. The molecule has 20 heavy (non-hydrogen) atoms. The van der Waals surface area contributed by atoms with Gasteiger partial charge in [0, 0.05) is 11.6 Å². The van der Waals surface area contributed by atoms with Gasteiger partial charge in [0.2, 0.25) is 0 Å². The Labute approximate surface area is 120 Å². The van der Waals surface area contributed by atoms with E-state index in [-0.39, 0.29) is 11.5 Å². The third kappa shape index (κ3) is 4.02. The first-order chi connectivity index (χ1) is 9.37. The number of nitrogens with one attached hydrogen (secondary N) is 1. The Bertz CT molecular complexity index is 451. The molecule has 0 radical (unpaired) electrons. The molecule has 0 bridgehead atoms. The number of halogens is 2. The Morgan fingerprint density at radius 3 is 2.50 bits per heavy atom. The fourth-order valence-corrected chi connectivity index (χ4v) is 3.10. The molecule has 1 aliphatic rings. The first-order valence-corrected chi connectivity index (χ1v) is 7.57. The molecule has 1 aliphatic carbocycles. The van der Waals surface area contributed by atoms with E-state index in [1.54, 1.807) is 6.07 Å². The third-order valence-corrected chi connectivity index (χ3v) is 4.17. The smallest absolute Gasteiger partial charge is 0.129 e. The predicted molar refractivity (Wildman–Crippen MR) is 78.8 cm³/mol. The van der Waals surface area contributed by atoms with Crippen molar-refractivity contribution in [3.63, 3.8) is 0 Å². The van der Waals surface area contributed by atoms with Crippen LogP contribution in [0.4, 0.5) is 8.78 Å². The van der Waals surface area contributed by atoms with E-state index in [9.17, 15) is 8.78 Å². The molecule has 1 aromatic rings. The van der Waals surface area contributed by atoms with E-state index in [1.807, 2.05) is 0 Å². The van der Waals surface area contributed by atoms with Crippen LogP contribution < -0.4 is 5.32 Å². The van der Waals surface area contributed by atoms with Crippen LogP contribution in [0.25, 0.3) is 0 Å². The van der Waals surface area contributed by atoms with E-state index in [0.29, 0.717) is 11.5 Å². The van der Waals surface area contributed by atoms with Crippen molar-refractivity contribution >= 4 is 0 Å². The van der Waals surface area contributed by atoms with Crippen molar-refractivity contribution in [1.29, 1.82) is 0 Å². The highest BCUT2D eigenvalue weighted by Gasteiger charge is 2.29. The molecule has 112 valence electrons. The Morgan fingerprint density at radius 1 is 1.15 bits per heavy atom. The molecule has 2 atom stereocenters. The van der Waals surface area contributed by atoms with Crippen molar-refractivity contribution in [3.8, 4) is 0 Å². The molecular formula is C17H25F2N. The monoisotopic (exact) mass is 281 g/mol. The highest BCUT2D eigenvalue weighted by molar-refractivity contribution is 5.24. The minimum absolute atomic E-state index is 0.0728. The van der Waals surface area contributed by atoms with E-state index in [0.717, 1.165) is 31.9 Å². The van der Waals surface area contributed by atoms with E-state index in [2.05, 4.69) is 26.1 Å². The highest BCUT2D eigenvalue weighted by Crippen LogP contribution is 2.38. The van der Waals surface area contributed by atoms with E-state index >= 15 is 0 Å². The Morgan fingerprint density at radius 2 is 1.85 bits per heavy atom. The van der Waals surface area contributed by atoms with Gasteiger partial charge in [-0.3, -0.25) is 0 Å². The molecule has 0 heterocycles. The topological polar surface area (TPSA) is 12.0 Å². The number of rotatable bonds is 3. The summed E-state index contributed by atoms with van der Waals surface area (Å²) in [5.41, 5.74) is 0.760. The molecule has 3 heteroatoms. The maximum Gasteiger partial charge on any atom is 0.129 e. The lowest BCUT2D eigenvalue weighted by Gasteiger charge is -2.34. The average Bonchev–Trinajstić information content (AvgIpc) is 2.36. The first kappa shape index (κ1) is 15.4. The van der Waals surface area contributed by atoms with Crippen LogP contribution in [0.1, 0.15) is 57.9 Å². The Balaban J connectivity index is 2.14. The first-order valence-electron chi connectivity index (χ1n) is 7.57. The van der Waals surface area contributed by atoms with Crippen LogP contribution in [0.15, 0.2) is 18.2 Å². The lowest BCUT2D eigenvalue weighted by atomic mass is 9.75. The van der Waals surface area contributed by atoms with Crippen LogP contribution in [0.2, 0.25) is 0 Å². The summed E-state index contributed by atoms with van der Waals surface area (Å²) >= 11 is 0. The Hall–Kier alpha value is -0.960. The summed E-state index contributed by atoms with van der Waals surface area (Å²) in [7, 11) is 0. The molecule has 1 fully saturated rings. The van der Waals surface area contributed by atoms with Gasteiger partial charge in [-0.1, -0.05) is 18.9 Å². The lowest BCUT2D eigenvalue weighted by Crippen LogP contribution is -2.41. The zero-order valence-corrected chi connectivity index (χ0v) is 12.7. The minimum atomic E-state index is -0.494. The normalized spacial score (nSPS) is 23.9. The van der Waals surface area contributed by atoms with Crippen molar-refractivity contribution in [2.45, 2.75) is 57.9 Å². The van der Waals surface area contributed by atoms with Crippen LogP contribution in [0, 0.1) is 17.6 Å². The second-order valence-corrected chi connectivity index (χ2v) is 6.95. The van der Waals surface area contributed by atoms with Crippen LogP contribution in [0.3, 0.4) is 0 Å². The summed E-state index contributed by atoms with van der Waals surface area (Å²) < 4.78 is 27.1. The molecule has 1 nitrogen and oxygen atoms in total. The molecule has 2 rings (SSSR count). The maximum absolute atomic E-state index is 14.0. The summed E-state index contributed by atoms with van der Waals surface area (Å²) in [6, 6.07) is 4.02. The summed E-state index contributed by atoms with van der Waals surface area (Å²) in [6.45, 7) is 7.32. The molecule has 1 saturated carbocycles. The molecule has 1 N–H and O–H groups in total. The summed E-state index contributed by atoms with van der Waals surface area (Å²) in [4.78, 5) is 0. The number of hydrogen-bond acceptors (Lipinski definition) is 1. The fourth-order valence-electron chi connectivity index (χ4n) is 3.10. The van der Waals surface area contributed by atoms with E-state index in [4.69, 9.17) is 0 Å². The molecule has 0 amide bonds. The predicted octanol–water partition coefficient (Wildman–Crippen LogP) is 4.63. The SMILES string of the molecule is CC(C)(C)NCC1CCCCC1c1ccc(F)cc1F. The highest BCUT2D eigenvalue weighted by atomic mass is 19.1. The van der Waals surface area contributed by atoms with Gasteiger partial charge in [-0.2, -0.15) is 0 Å². The molecule has 0 saturated heterocycles. The zero-order chi connectivity index (χ0) is 14.8. The summed E-state index contributed by atoms with van der Waals surface area (Å²) in [5.74, 6) is -0.244. The van der Waals surface area contributed by atoms with Crippen molar-refractivity contribution in [3.05, 3.63) is 35.4 Å². The second-order valence-electron chi connectivity index (χ2n) is 6.95. The van der Waals surface area contributed by atoms with Crippen molar-refractivity contribution < 1.29 is 8.78 Å². The van der Waals surface area contributed by atoms with Gasteiger partial charge in [0.15, 0.2) is 0 Å². The van der Waals surface area contributed by atoms with Crippen molar-refractivity contribution in [1.82, 2.24) is 5.32 Å². The van der Waals surface area contributed by atoms with Crippen LogP contribution in [-0.4, -0.2) is 12.1 Å². The summed E-state index contributed by atoms with van der Waals surface area (Å²) in [5, 5.41) is 3.53. The molecule has 0 aliphatic heterocycles. The van der Waals surface area contributed by atoms with Gasteiger partial charge < -0.3 is 5.32 Å².